The summed E-state index contributed by atoms with van der Waals surface area (Å²) < 4.78 is 37.7. The van der Waals surface area contributed by atoms with Crippen molar-refractivity contribution >= 4 is 21.5 Å². The largest absolute Gasteiger partial charge is 0.790 e. The monoisotopic (exact) mass is 696 g/mol. The van der Waals surface area contributed by atoms with Gasteiger partial charge in [-0.2, -0.15) is 4.98 Å². The molecule has 1 unspecified atom stereocenters. The smallest absolute Gasteiger partial charge is 0.351 e. The Morgan fingerprint density at radius 1 is 0.933 bits per heavy atom. The fourth-order valence-corrected chi connectivity index (χ4v) is 4.39. The normalized spacial score (nSPS) is 20.0. The molecule has 1 aliphatic rings. The third kappa shape index (κ3) is 26.4. The lowest BCUT2D eigenvalue weighted by Crippen LogP contribution is -2.36. The highest BCUT2D eigenvalue weighted by Gasteiger charge is 2.36. The van der Waals surface area contributed by atoms with Gasteiger partial charge in [0.05, 0.1) is 104 Å². The van der Waals surface area contributed by atoms with Gasteiger partial charge in [-0.3, -0.25) is 13.4 Å². The molecule has 0 bridgehead atoms. The molecular weight excluding hydrogens is 642 g/mol. The fourth-order valence-electron chi connectivity index (χ4n) is 2.89. The van der Waals surface area contributed by atoms with Gasteiger partial charge < -0.3 is 68.1 Å². The fraction of sp³-hybridized carbons (Fsp3) is 0.833. The zero-order valence-electron chi connectivity index (χ0n) is 27.7. The molecule has 0 amide bonds. The highest BCUT2D eigenvalue weighted by molar-refractivity contribution is 7.58. The van der Waals surface area contributed by atoms with Gasteiger partial charge in [-0.05, 0) is 6.07 Å². The van der Waals surface area contributed by atoms with Gasteiger partial charge in [-0.15, -0.1) is 0 Å². The molecule has 0 aliphatic carbocycles. The van der Waals surface area contributed by atoms with Crippen LogP contribution in [0.3, 0.4) is 0 Å². The number of ether oxygens (including phenoxy) is 1. The van der Waals surface area contributed by atoms with Crippen LogP contribution in [0.4, 0.5) is 5.82 Å². The molecule has 45 heavy (non-hydrogen) atoms. The number of likely N-dealkylation sites (N-methyl/N-ethyl adjacent to an activating group) is 3. The van der Waals surface area contributed by atoms with E-state index in [4.69, 9.17) is 25.8 Å². The summed E-state index contributed by atoms with van der Waals surface area (Å²) in [5, 5.41) is 35.0. The van der Waals surface area contributed by atoms with E-state index in [1.54, 1.807) is 0 Å². The number of phosphoric acid groups is 2. The molecule has 268 valence electrons. The molecule has 0 radical (unpaired) electrons. The second-order valence-corrected chi connectivity index (χ2v) is 15.7. The van der Waals surface area contributed by atoms with Crippen LogP contribution in [0.1, 0.15) is 12.6 Å². The molecule has 1 aromatic heterocycles. The molecule has 6 N–H and O–H groups in total. The maximum atomic E-state index is 11.7. The highest BCUT2D eigenvalue weighted by atomic mass is 31.3. The van der Waals surface area contributed by atoms with E-state index >= 15 is 0 Å². The van der Waals surface area contributed by atoms with Gasteiger partial charge in [-0.1, -0.05) is 0 Å². The molecule has 1 aliphatic heterocycles. The number of aromatic nitrogens is 2. The maximum Gasteiger partial charge on any atom is 0.351 e. The quantitative estimate of drug-likeness (QED) is 0.103. The number of aliphatic hydroxyl groups excluding tert-OH is 4. The number of quaternary nitrogens is 3. The van der Waals surface area contributed by atoms with Gasteiger partial charge in [0.2, 0.25) is 0 Å². The second kappa shape index (κ2) is 20.1. The van der Waals surface area contributed by atoms with Crippen LogP contribution in [0.5, 0.6) is 0 Å². The summed E-state index contributed by atoms with van der Waals surface area (Å²) in [6.07, 6.45) is -2.23. The molecule has 1 fully saturated rings. The molecule has 19 nitrogen and oxygen atoms in total. The van der Waals surface area contributed by atoms with E-state index in [9.17, 15) is 33.7 Å². The molecule has 21 heteroatoms. The number of aliphatic hydroxyl groups is 4. The first kappa shape index (κ1) is 45.7. The molecule has 0 spiro atoms. The van der Waals surface area contributed by atoms with Crippen molar-refractivity contribution in [1.29, 1.82) is 0 Å². The zero-order valence-corrected chi connectivity index (χ0v) is 29.5. The summed E-state index contributed by atoms with van der Waals surface area (Å²) in [4.78, 5) is 46.8. The van der Waals surface area contributed by atoms with Gasteiger partial charge >= 0.3 is 5.69 Å². The predicted molar refractivity (Wildman–Crippen MR) is 160 cm³/mol. The Balaban J connectivity index is 0. The molecule has 4 atom stereocenters. The lowest BCUT2D eigenvalue weighted by molar-refractivity contribution is -0.870. The Morgan fingerprint density at radius 3 is 1.67 bits per heavy atom. The van der Waals surface area contributed by atoms with Crippen molar-refractivity contribution in [3.8, 4) is 0 Å². The summed E-state index contributed by atoms with van der Waals surface area (Å²) in [6.45, 7) is 2.52. The second-order valence-electron chi connectivity index (χ2n) is 13.0. The molecule has 0 aromatic carbocycles. The van der Waals surface area contributed by atoms with Crippen molar-refractivity contribution in [1.82, 2.24) is 9.55 Å². The van der Waals surface area contributed by atoms with Gasteiger partial charge in [0.15, 0.2) is 0 Å². The minimum absolute atomic E-state index is 0.0150. The van der Waals surface area contributed by atoms with Gasteiger partial charge in [0.1, 0.15) is 37.8 Å². The number of hydrogen-bond acceptors (Lipinski definition) is 15. The Morgan fingerprint density at radius 2 is 1.36 bits per heavy atom. The number of phosphoric ester groups is 1. The third-order valence-electron chi connectivity index (χ3n) is 5.28. The van der Waals surface area contributed by atoms with Crippen molar-refractivity contribution < 1.29 is 71.3 Å². The topological polar surface area (TPSA) is 273 Å². The number of hydrogen-bond donors (Lipinski definition) is 5. The molecule has 0 saturated carbocycles. The van der Waals surface area contributed by atoms with E-state index in [0.717, 1.165) is 37.7 Å². The van der Waals surface area contributed by atoms with Crippen molar-refractivity contribution in [3.05, 3.63) is 22.7 Å². The minimum Gasteiger partial charge on any atom is -0.790 e. The Labute approximate surface area is 265 Å². The van der Waals surface area contributed by atoms with Gasteiger partial charge in [-0.25, -0.2) is 4.79 Å². The first-order chi connectivity index (χ1) is 20.1. The Bertz CT molecular complexity index is 1080. The number of anilines is 1. The van der Waals surface area contributed by atoms with E-state index in [1.807, 2.05) is 0 Å². The van der Waals surface area contributed by atoms with Crippen LogP contribution in [-0.4, -0.2) is 165 Å². The first-order valence-electron chi connectivity index (χ1n) is 13.8. The molecular formula is C24H54N6O13P2. The number of rotatable bonds is 12. The van der Waals surface area contributed by atoms with Crippen molar-refractivity contribution in [2.24, 2.45) is 0 Å². The van der Waals surface area contributed by atoms with E-state index in [0.29, 0.717) is 0 Å². The van der Waals surface area contributed by atoms with Crippen LogP contribution in [0.25, 0.3) is 0 Å². The summed E-state index contributed by atoms with van der Waals surface area (Å²) in [5.41, 5.74) is 4.59. The molecule has 2 rings (SSSR count). The molecule has 1 aromatic rings. The van der Waals surface area contributed by atoms with Crippen molar-refractivity contribution in [3.63, 3.8) is 0 Å². The average molecular weight is 697 g/mol. The Kier molecular flexibility index (Phi) is 20.4. The van der Waals surface area contributed by atoms with Crippen LogP contribution < -0.4 is 26.1 Å². The van der Waals surface area contributed by atoms with Crippen LogP contribution in [0, 0.1) is 0 Å². The third-order valence-corrected chi connectivity index (χ3v) is 7.34. The summed E-state index contributed by atoms with van der Waals surface area (Å²) >= 11 is 0. The van der Waals surface area contributed by atoms with Gasteiger partial charge in [0.25, 0.3) is 7.82 Å². The van der Waals surface area contributed by atoms with Crippen LogP contribution >= 0.6 is 15.6 Å². The lowest BCUT2D eigenvalue weighted by Gasteiger charge is -2.35. The highest BCUT2D eigenvalue weighted by Crippen LogP contribution is 2.50. The molecule has 1 saturated heterocycles. The zero-order chi connectivity index (χ0) is 35.9. The number of nitrogens with zero attached hydrogens (tertiary/aromatic N) is 5. The SMILES string of the molecule is C[N+](C)(C)CCO.C[N+](C)(C)CCO.C[N+](C)(C)CCO.Nc1ccn([C@H]2C[C@H](O)[C@@H](COP(=O)([O-])OP(=O)([O-])[O-])O2)c(=O)n1. The first-order valence-corrected chi connectivity index (χ1v) is 16.7. The molecule has 2 heterocycles. The van der Waals surface area contributed by atoms with Crippen molar-refractivity contribution in [2.75, 3.05) is 115 Å². The van der Waals surface area contributed by atoms with Gasteiger partial charge in [0, 0.05) is 12.6 Å². The van der Waals surface area contributed by atoms with E-state index < -0.39 is 46.4 Å². The van der Waals surface area contributed by atoms with Crippen LogP contribution in [0.15, 0.2) is 17.1 Å². The van der Waals surface area contributed by atoms with Crippen LogP contribution in [0.2, 0.25) is 0 Å². The standard InChI is InChI=1S/C9H15N3O10P2.3C5H14NO/c10-7-1-2-12(9(14)11-7)8-3-5(13)6(21-8)4-20-24(18,19)22-23(15,16)17;3*1-6(2,3)4-5-7/h1-2,5-6,8,13H,3-4H2,(H,18,19)(H2,10,11,14)(H2,15,16,17);3*7H,4-5H2,1-3H3/q;3*+1/p-3/t5-,6+,8+;;;/m0.../s1. The maximum absolute atomic E-state index is 11.7. The summed E-state index contributed by atoms with van der Waals surface area (Å²) in [7, 11) is 7.23. The minimum atomic E-state index is -5.80. The van der Waals surface area contributed by atoms with E-state index in [-0.39, 0.29) is 32.1 Å². The van der Waals surface area contributed by atoms with Crippen LogP contribution in [-0.2, 0) is 22.7 Å². The number of nitrogens with two attached hydrogens (primary N) is 1. The van der Waals surface area contributed by atoms with E-state index in [2.05, 4.69) is 77.2 Å². The van der Waals surface area contributed by atoms with Crippen molar-refractivity contribution in [2.45, 2.75) is 24.9 Å². The lowest BCUT2D eigenvalue weighted by atomic mass is 10.2. The summed E-state index contributed by atoms with van der Waals surface area (Å²) in [5.74, 6) is -0.0150. The number of nitrogen functional groups attached to an aromatic ring is 1. The average Bonchev–Trinajstić information content (AvgIpc) is 3.15. The van der Waals surface area contributed by atoms with E-state index in [1.165, 1.54) is 12.3 Å². The summed E-state index contributed by atoms with van der Waals surface area (Å²) in [6, 6.07) is 1.32. The predicted octanol–water partition coefficient (Wildman–Crippen LogP) is -4.14. The Hall–Kier alpha value is -1.38.